The van der Waals surface area contributed by atoms with E-state index in [2.05, 4.69) is 6.07 Å². The molecule has 18 heavy (non-hydrogen) atoms. The van der Waals surface area contributed by atoms with E-state index in [1.54, 1.807) is 11.8 Å². The number of nitrogens with two attached hydrogens (primary N) is 1. The van der Waals surface area contributed by atoms with Crippen molar-refractivity contribution in [2.45, 2.75) is 38.0 Å². The van der Waals surface area contributed by atoms with Gasteiger partial charge in [-0.3, -0.25) is 0 Å². The van der Waals surface area contributed by atoms with E-state index < -0.39 is 0 Å². The van der Waals surface area contributed by atoms with Gasteiger partial charge in [0, 0.05) is 4.90 Å². The third-order valence-corrected chi connectivity index (χ3v) is 4.15. The minimum absolute atomic E-state index is 0.199. The molecule has 98 valence electrons. The van der Waals surface area contributed by atoms with Gasteiger partial charge in [-0.05, 0) is 50.6 Å². The number of rotatable bonds is 6. The summed E-state index contributed by atoms with van der Waals surface area (Å²) in [6, 6.07) is 8.06. The number of nitrogens with zero attached hydrogens (tertiary/aromatic N) is 1. The van der Waals surface area contributed by atoms with Gasteiger partial charge < -0.3 is 5.73 Å². The van der Waals surface area contributed by atoms with Crippen LogP contribution in [0.25, 0.3) is 0 Å². The molecule has 0 fully saturated rings. The van der Waals surface area contributed by atoms with Crippen molar-refractivity contribution < 1.29 is 0 Å². The molecule has 2 nitrogen and oxygen atoms in total. The van der Waals surface area contributed by atoms with E-state index in [4.69, 9.17) is 22.6 Å². The van der Waals surface area contributed by atoms with Gasteiger partial charge in [0.05, 0.1) is 22.2 Å². The van der Waals surface area contributed by atoms with Crippen LogP contribution in [0.4, 0.5) is 5.69 Å². The fraction of sp³-hybridized carbons (Fsp3) is 0.500. The predicted molar refractivity (Wildman–Crippen MR) is 79.8 cm³/mol. The monoisotopic (exact) mass is 282 g/mol. The lowest BCUT2D eigenvalue weighted by Gasteiger charge is -2.14. The molecular weight excluding hydrogens is 264 g/mol. The molecule has 1 aromatic rings. The van der Waals surface area contributed by atoms with Crippen LogP contribution in [0, 0.1) is 16.7 Å². The van der Waals surface area contributed by atoms with Crippen LogP contribution in [0.5, 0.6) is 0 Å². The highest BCUT2D eigenvalue weighted by Crippen LogP contribution is 2.28. The molecule has 0 atom stereocenters. The van der Waals surface area contributed by atoms with Crippen LogP contribution in [0.15, 0.2) is 23.1 Å². The summed E-state index contributed by atoms with van der Waals surface area (Å²) >= 11 is 7.74. The summed E-state index contributed by atoms with van der Waals surface area (Å²) in [4.78, 5) is 1.15. The van der Waals surface area contributed by atoms with Crippen molar-refractivity contribution in [2.75, 3.05) is 11.5 Å². The van der Waals surface area contributed by atoms with Crippen LogP contribution < -0.4 is 5.73 Å². The summed E-state index contributed by atoms with van der Waals surface area (Å²) in [6.45, 7) is 3.97. The van der Waals surface area contributed by atoms with E-state index in [-0.39, 0.29) is 5.41 Å². The number of thioether (sulfide) groups is 1. The Kier molecular flexibility index (Phi) is 5.84. The van der Waals surface area contributed by atoms with Gasteiger partial charge >= 0.3 is 0 Å². The van der Waals surface area contributed by atoms with Gasteiger partial charge in [-0.25, -0.2) is 0 Å². The van der Waals surface area contributed by atoms with Crippen molar-refractivity contribution in [1.82, 2.24) is 0 Å². The maximum Gasteiger partial charge on any atom is 0.0683 e. The minimum atomic E-state index is -0.199. The first-order chi connectivity index (χ1) is 8.44. The molecule has 1 rings (SSSR count). The Morgan fingerprint density at radius 1 is 1.39 bits per heavy atom. The van der Waals surface area contributed by atoms with E-state index in [0.29, 0.717) is 10.7 Å². The van der Waals surface area contributed by atoms with Crippen LogP contribution in [-0.2, 0) is 0 Å². The molecule has 2 N–H and O–H groups in total. The average molecular weight is 283 g/mol. The number of unbranched alkanes of at least 4 members (excludes halogenated alkanes) is 1. The Bertz CT molecular complexity index is 438. The molecule has 0 aromatic heterocycles. The Hall–Kier alpha value is -0.850. The van der Waals surface area contributed by atoms with Gasteiger partial charge in [0.15, 0.2) is 0 Å². The lowest BCUT2D eigenvalue weighted by molar-refractivity contribution is 0.433. The minimum Gasteiger partial charge on any atom is -0.398 e. The van der Waals surface area contributed by atoms with Crippen molar-refractivity contribution in [1.29, 1.82) is 5.26 Å². The Morgan fingerprint density at radius 2 is 2.11 bits per heavy atom. The van der Waals surface area contributed by atoms with Gasteiger partial charge in [0.2, 0.25) is 0 Å². The van der Waals surface area contributed by atoms with Gasteiger partial charge in [-0.15, -0.1) is 11.8 Å². The molecule has 0 heterocycles. The fourth-order valence-corrected chi connectivity index (χ4v) is 2.71. The second kappa shape index (κ2) is 6.92. The van der Waals surface area contributed by atoms with Gasteiger partial charge in [-0.2, -0.15) is 5.26 Å². The van der Waals surface area contributed by atoms with Crippen LogP contribution in [-0.4, -0.2) is 5.75 Å². The van der Waals surface area contributed by atoms with E-state index in [1.165, 1.54) is 0 Å². The molecule has 0 amide bonds. The zero-order valence-electron chi connectivity index (χ0n) is 10.9. The van der Waals surface area contributed by atoms with Gasteiger partial charge in [-0.1, -0.05) is 18.0 Å². The third-order valence-electron chi connectivity index (χ3n) is 2.74. The van der Waals surface area contributed by atoms with Crippen molar-refractivity contribution in [3.05, 3.63) is 23.2 Å². The van der Waals surface area contributed by atoms with Crippen molar-refractivity contribution in [2.24, 2.45) is 5.41 Å². The molecule has 0 bridgehead atoms. The molecule has 0 aliphatic rings. The zero-order valence-corrected chi connectivity index (χ0v) is 12.4. The smallest absolute Gasteiger partial charge is 0.0683 e. The highest BCUT2D eigenvalue weighted by molar-refractivity contribution is 7.99. The largest absolute Gasteiger partial charge is 0.398 e. The van der Waals surface area contributed by atoms with Crippen LogP contribution >= 0.6 is 23.4 Å². The second-order valence-corrected chi connectivity index (χ2v) is 6.56. The van der Waals surface area contributed by atoms with E-state index in [1.807, 2.05) is 32.0 Å². The fourth-order valence-electron chi connectivity index (χ4n) is 1.51. The molecule has 0 saturated heterocycles. The van der Waals surface area contributed by atoms with Crippen LogP contribution in [0.2, 0.25) is 5.02 Å². The quantitative estimate of drug-likeness (QED) is 0.466. The molecule has 0 saturated carbocycles. The first kappa shape index (κ1) is 15.2. The van der Waals surface area contributed by atoms with E-state index >= 15 is 0 Å². The molecule has 0 radical (unpaired) electrons. The lowest BCUT2D eigenvalue weighted by Crippen LogP contribution is -2.07. The average Bonchev–Trinajstić information content (AvgIpc) is 2.33. The molecular formula is C14H19ClN2S. The molecule has 1 aromatic carbocycles. The lowest BCUT2D eigenvalue weighted by atomic mass is 9.89. The topological polar surface area (TPSA) is 49.8 Å². The summed E-state index contributed by atoms with van der Waals surface area (Å²) in [5, 5.41) is 9.52. The first-order valence-electron chi connectivity index (χ1n) is 6.04. The maximum atomic E-state index is 8.90. The second-order valence-electron chi connectivity index (χ2n) is 4.98. The highest BCUT2D eigenvalue weighted by atomic mass is 35.5. The van der Waals surface area contributed by atoms with Crippen LogP contribution in [0.1, 0.15) is 33.1 Å². The number of hydrogen-bond donors (Lipinski definition) is 1. The SMILES string of the molecule is CC(C)(C#N)CCCCSc1ccc(N)c(Cl)c1. The Morgan fingerprint density at radius 3 is 2.72 bits per heavy atom. The molecule has 4 heteroatoms. The predicted octanol–water partition coefficient (Wildman–Crippen LogP) is 4.73. The summed E-state index contributed by atoms with van der Waals surface area (Å²) in [5.74, 6) is 1.04. The summed E-state index contributed by atoms with van der Waals surface area (Å²) in [6.07, 6.45) is 3.14. The summed E-state index contributed by atoms with van der Waals surface area (Å²) in [7, 11) is 0. The Labute approximate surface area is 119 Å². The molecule has 0 aliphatic heterocycles. The van der Waals surface area contributed by atoms with E-state index in [9.17, 15) is 0 Å². The maximum absolute atomic E-state index is 8.90. The first-order valence-corrected chi connectivity index (χ1v) is 7.40. The number of benzene rings is 1. The summed E-state index contributed by atoms with van der Waals surface area (Å²) in [5.41, 5.74) is 6.08. The van der Waals surface area contributed by atoms with Crippen molar-refractivity contribution >= 4 is 29.1 Å². The number of anilines is 1. The van der Waals surface area contributed by atoms with Crippen molar-refractivity contribution in [3.8, 4) is 6.07 Å². The van der Waals surface area contributed by atoms with E-state index in [0.717, 1.165) is 29.9 Å². The highest BCUT2D eigenvalue weighted by Gasteiger charge is 2.15. The number of halogens is 1. The van der Waals surface area contributed by atoms with Gasteiger partial charge in [0.1, 0.15) is 0 Å². The summed E-state index contributed by atoms with van der Waals surface area (Å²) < 4.78 is 0. The Balaban J connectivity index is 2.26. The molecule has 0 unspecified atom stereocenters. The van der Waals surface area contributed by atoms with Gasteiger partial charge in [0.25, 0.3) is 0 Å². The standard InChI is InChI=1S/C14H19ClN2S/c1-14(2,10-16)7-3-4-8-18-11-5-6-13(17)12(15)9-11/h5-6,9H,3-4,7-8,17H2,1-2H3. The van der Waals surface area contributed by atoms with Crippen molar-refractivity contribution in [3.63, 3.8) is 0 Å². The molecule has 0 spiro atoms. The number of hydrogen-bond acceptors (Lipinski definition) is 3. The zero-order chi connectivity index (χ0) is 13.6. The third kappa shape index (κ3) is 5.20. The number of nitriles is 1. The van der Waals surface area contributed by atoms with Crippen LogP contribution in [0.3, 0.4) is 0 Å². The number of nitrogen functional groups attached to an aromatic ring is 1. The molecule has 0 aliphatic carbocycles. The normalized spacial score (nSPS) is 11.2.